The maximum absolute atomic E-state index is 13.1. The molecule has 1 amide bonds. The van der Waals surface area contributed by atoms with Crippen molar-refractivity contribution in [3.63, 3.8) is 0 Å². The van der Waals surface area contributed by atoms with Gasteiger partial charge < -0.3 is 19.9 Å². The number of nitrogens with one attached hydrogen (secondary N) is 1. The fourth-order valence-corrected chi connectivity index (χ4v) is 4.04. The number of hydrogen-bond donors (Lipinski definition) is 1. The predicted molar refractivity (Wildman–Crippen MR) is 115 cm³/mol. The molecule has 2 aliphatic rings. The first-order valence-electron chi connectivity index (χ1n) is 10.6. The van der Waals surface area contributed by atoms with Crippen LogP contribution in [0.1, 0.15) is 35.3 Å². The second-order valence-electron chi connectivity index (χ2n) is 7.87. The first-order chi connectivity index (χ1) is 14.2. The van der Waals surface area contributed by atoms with Crippen molar-refractivity contribution in [3.05, 3.63) is 53.7 Å². The molecule has 2 aliphatic heterocycles. The maximum atomic E-state index is 13.1. The highest BCUT2D eigenvalue weighted by molar-refractivity contribution is 5.92. The summed E-state index contributed by atoms with van der Waals surface area (Å²) >= 11 is 0. The van der Waals surface area contributed by atoms with E-state index in [2.05, 4.69) is 23.2 Å². The van der Waals surface area contributed by atoms with Gasteiger partial charge in [-0.2, -0.15) is 0 Å². The Morgan fingerprint density at radius 2 is 1.97 bits per heavy atom. The SMILES string of the molecule is Cc1ccccc1OC1CCCN(C(=O)c2cccc(N3CCCNCC3)n2)C1. The van der Waals surface area contributed by atoms with E-state index in [4.69, 9.17) is 9.72 Å². The van der Waals surface area contributed by atoms with E-state index in [0.29, 0.717) is 12.2 Å². The number of carbonyl (C=O) groups is 1. The zero-order chi connectivity index (χ0) is 20.1. The third kappa shape index (κ3) is 4.88. The zero-order valence-corrected chi connectivity index (χ0v) is 17.1. The van der Waals surface area contributed by atoms with Crippen molar-refractivity contribution < 1.29 is 9.53 Å². The minimum Gasteiger partial charge on any atom is -0.488 e. The van der Waals surface area contributed by atoms with E-state index in [-0.39, 0.29) is 12.0 Å². The molecule has 0 radical (unpaired) electrons. The van der Waals surface area contributed by atoms with Crippen molar-refractivity contribution in [3.8, 4) is 5.75 Å². The molecule has 0 saturated carbocycles. The molecular formula is C23H30N4O2. The normalized spacial score (nSPS) is 20.2. The zero-order valence-electron chi connectivity index (χ0n) is 17.1. The number of amides is 1. The lowest BCUT2D eigenvalue weighted by atomic mass is 10.1. The van der Waals surface area contributed by atoms with Crippen LogP contribution in [0.2, 0.25) is 0 Å². The summed E-state index contributed by atoms with van der Waals surface area (Å²) < 4.78 is 6.21. The van der Waals surface area contributed by atoms with Gasteiger partial charge in [-0.05, 0) is 56.5 Å². The number of anilines is 1. The summed E-state index contributed by atoms with van der Waals surface area (Å²) in [5.74, 6) is 1.80. The fraction of sp³-hybridized carbons (Fsp3) is 0.478. The number of rotatable bonds is 4. The van der Waals surface area contributed by atoms with Gasteiger partial charge in [0.2, 0.25) is 0 Å². The Bertz CT molecular complexity index is 833. The van der Waals surface area contributed by atoms with Crippen LogP contribution < -0.4 is 15.0 Å². The average Bonchev–Trinajstić information content (AvgIpc) is 3.05. The number of carbonyl (C=O) groups excluding carboxylic acids is 1. The Labute approximate surface area is 172 Å². The smallest absolute Gasteiger partial charge is 0.272 e. The quantitative estimate of drug-likeness (QED) is 0.864. The van der Waals surface area contributed by atoms with E-state index in [1.54, 1.807) is 0 Å². The number of piperidine rings is 1. The van der Waals surface area contributed by atoms with Gasteiger partial charge in [0.25, 0.3) is 5.91 Å². The molecule has 0 aliphatic carbocycles. The van der Waals surface area contributed by atoms with Gasteiger partial charge in [0.15, 0.2) is 0 Å². The highest BCUT2D eigenvalue weighted by atomic mass is 16.5. The molecule has 2 aromatic rings. The lowest BCUT2D eigenvalue weighted by Crippen LogP contribution is -2.44. The van der Waals surface area contributed by atoms with Crippen molar-refractivity contribution in [1.29, 1.82) is 0 Å². The Morgan fingerprint density at radius 3 is 2.86 bits per heavy atom. The maximum Gasteiger partial charge on any atom is 0.272 e. The fourth-order valence-electron chi connectivity index (χ4n) is 4.04. The minimum absolute atomic E-state index is 0.00196. The van der Waals surface area contributed by atoms with Gasteiger partial charge in [0.1, 0.15) is 23.4 Å². The summed E-state index contributed by atoms with van der Waals surface area (Å²) in [5.41, 5.74) is 1.65. The number of benzene rings is 1. The number of aryl methyl sites for hydroxylation is 1. The van der Waals surface area contributed by atoms with Gasteiger partial charge >= 0.3 is 0 Å². The van der Waals surface area contributed by atoms with Crippen LogP contribution in [0.25, 0.3) is 0 Å². The number of hydrogen-bond acceptors (Lipinski definition) is 5. The number of nitrogens with zero attached hydrogens (tertiary/aromatic N) is 3. The van der Waals surface area contributed by atoms with Crippen molar-refractivity contribution in [2.75, 3.05) is 44.2 Å². The molecule has 0 spiro atoms. The molecule has 0 bridgehead atoms. The largest absolute Gasteiger partial charge is 0.488 e. The number of likely N-dealkylation sites (tertiary alicyclic amines) is 1. The van der Waals surface area contributed by atoms with Crippen LogP contribution in [0, 0.1) is 6.92 Å². The highest BCUT2D eigenvalue weighted by Gasteiger charge is 2.27. The molecule has 2 saturated heterocycles. The van der Waals surface area contributed by atoms with Crippen molar-refractivity contribution >= 4 is 11.7 Å². The molecular weight excluding hydrogens is 364 g/mol. The summed E-state index contributed by atoms with van der Waals surface area (Å²) in [5, 5.41) is 3.41. The van der Waals surface area contributed by atoms with E-state index in [0.717, 1.165) is 69.1 Å². The molecule has 4 rings (SSSR count). The van der Waals surface area contributed by atoms with Crippen LogP contribution in [0.5, 0.6) is 5.75 Å². The number of pyridine rings is 1. The molecule has 2 fully saturated rings. The highest BCUT2D eigenvalue weighted by Crippen LogP contribution is 2.23. The Balaban J connectivity index is 1.43. The van der Waals surface area contributed by atoms with Gasteiger partial charge in [-0.3, -0.25) is 4.79 Å². The molecule has 29 heavy (non-hydrogen) atoms. The standard InChI is InChI=1S/C23H30N4O2/c1-18-7-2-3-10-21(18)29-19-8-5-14-27(17-19)23(28)20-9-4-11-22(25-20)26-15-6-12-24-13-16-26/h2-4,7,9-11,19,24H,5-6,8,12-17H2,1H3. The molecule has 1 atom stereocenters. The number of aromatic nitrogens is 1. The predicted octanol–water partition coefficient (Wildman–Crippen LogP) is 2.87. The Hall–Kier alpha value is -2.60. The first-order valence-corrected chi connectivity index (χ1v) is 10.6. The molecule has 154 valence electrons. The molecule has 1 aromatic heterocycles. The van der Waals surface area contributed by atoms with Crippen molar-refractivity contribution in [2.24, 2.45) is 0 Å². The monoisotopic (exact) mass is 394 g/mol. The Kier molecular flexibility index (Phi) is 6.30. The van der Waals surface area contributed by atoms with Gasteiger partial charge in [-0.25, -0.2) is 4.98 Å². The summed E-state index contributed by atoms with van der Waals surface area (Å²) in [4.78, 5) is 22.0. The third-order valence-corrected chi connectivity index (χ3v) is 5.67. The summed E-state index contributed by atoms with van der Waals surface area (Å²) in [6, 6.07) is 13.8. The van der Waals surface area contributed by atoms with Crippen LogP contribution in [-0.4, -0.2) is 61.2 Å². The lowest BCUT2D eigenvalue weighted by Gasteiger charge is -2.33. The summed E-state index contributed by atoms with van der Waals surface area (Å²) in [6.45, 7) is 7.27. The van der Waals surface area contributed by atoms with Gasteiger partial charge in [0, 0.05) is 26.2 Å². The van der Waals surface area contributed by atoms with Crippen LogP contribution in [0.15, 0.2) is 42.5 Å². The van der Waals surface area contributed by atoms with Crippen molar-refractivity contribution in [1.82, 2.24) is 15.2 Å². The minimum atomic E-state index is -0.00196. The van der Waals surface area contributed by atoms with Gasteiger partial charge in [-0.15, -0.1) is 0 Å². The van der Waals surface area contributed by atoms with Crippen LogP contribution in [-0.2, 0) is 0 Å². The van der Waals surface area contributed by atoms with Crippen LogP contribution in [0.3, 0.4) is 0 Å². The lowest BCUT2D eigenvalue weighted by molar-refractivity contribution is 0.0531. The van der Waals surface area contributed by atoms with E-state index in [1.807, 2.05) is 41.3 Å². The molecule has 1 N–H and O–H groups in total. The second kappa shape index (κ2) is 9.27. The van der Waals surface area contributed by atoms with E-state index >= 15 is 0 Å². The van der Waals surface area contributed by atoms with Crippen molar-refractivity contribution in [2.45, 2.75) is 32.3 Å². The van der Waals surface area contributed by atoms with Crippen LogP contribution >= 0.6 is 0 Å². The van der Waals surface area contributed by atoms with E-state index in [9.17, 15) is 4.79 Å². The van der Waals surface area contributed by atoms with Gasteiger partial charge in [0.05, 0.1) is 6.54 Å². The molecule has 6 heteroatoms. The topological polar surface area (TPSA) is 57.7 Å². The van der Waals surface area contributed by atoms with Gasteiger partial charge in [-0.1, -0.05) is 24.3 Å². The summed E-state index contributed by atoms with van der Waals surface area (Å²) in [6.07, 6.45) is 3.02. The second-order valence-corrected chi connectivity index (χ2v) is 7.87. The third-order valence-electron chi connectivity index (χ3n) is 5.67. The Morgan fingerprint density at radius 1 is 1.07 bits per heavy atom. The number of para-hydroxylation sites is 1. The summed E-state index contributed by atoms with van der Waals surface area (Å²) in [7, 11) is 0. The number of ether oxygens (including phenoxy) is 1. The first kappa shape index (κ1) is 19.7. The van der Waals surface area contributed by atoms with E-state index < -0.39 is 0 Å². The molecule has 1 unspecified atom stereocenters. The van der Waals surface area contributed by atoms with Crippen LogP contribution in [0.4, 0.5) is 5.82 Å². The average molecular weight is 395 g/mol. The molecule has 6 nitrogen and oxygen atoms in total. The molecule has 1 aromatic carbocycles. The van der Waals surface area contributed by atoms with E-state index in [1.165, 1.54) is 0 Å². The molecule has 3 heterocycles.